The van der Waals surface area contributed by atoms with E-state index < -0.39 is 5.91 Å². The number of hydrogen-bond donors (Lipinski definition) is 1. The van der Waals surface area contributed by atoms with Crippen LogP contribution in [0.5, 0.6) is 0 Å². The molecule has 8 heteroatoms. The second-order valence-corrected chi connectivity index (χ2v) is 5.24. The highest BCUT2D eigenvalue weighted by atomic mass is 35.5. The third kappa shape index (κ3) is 3.24. The maximum Gasteiger partial charge on any atom is 0.273 e. The van der Waals surface area contributed by atoms with Crippen molar-refractivity contribution in [3.05, 3.63) is 58.8 Å². The van der Waals surface area contributed by atoms with Gasteiger partial charge >= 0.3 is 0 Å². The van der Waals surface area contributed by atoms with Crippen molar-refractivity contribution in [1.82, 2.24) is 20.3 Å². The molecule has 0 unspecified atom stereocenters. The molecule has 0 aliphatic rings. The first-order chi connectivity index (χ1) is 11.0. The van der Waals surface area contributed by atoms with Crippen LogP contribution in [0.2, 0.25) is 5.02 Å². The van der Waals surface area contributed by atoms with E-state index in [0.717, 1.165) is 0 Å². The molecule has 0 radical (unpaired) electrons. The smallest absolute Gasteiger partial charge is 0.273 e. The average Bonchev–Trinajstić information content (AvgIpc) is 3.14. The van der Waals surface area contributed by atoms with Crippen molar-refractivity contribution in [1.29, 1.82) is 0 Å². The standard InChI is InChI=1S/C15H12ClFN4O2/c1-21-13(11(16)7-19-21)8-18-15(22)12-6-14(23-20-12)9-2-4-10(17)5-3-9/h2-7H,8H2,1H3,(H,18,22). The van der Waals surface area contributed by atoms with Gasteiger partial charge in [-0.15, -0.1) is 0 Å². The predicted molar refractivity (Wildman–Crippen MR) is 81.3 cm³/mol. The number of nitrogens with zero attached hydrogens (tertiary/aromatic N) is 3. The highest BCUT2D eigenvalue weighted by Gasteiger charge is 2.15. The molecule has 1 amide bonds. The molecule has 2 aromatic heterocycles. The maximum absolute atomic E-state index is 12.9. The minimum absolute atomic E-state index is 0.127. The fourth-order valence-corrected chi connectivity index (χ4v) is 2.25. The Labute approximate surface area is 135 Å². The Morgan fingerprint density at radius 3 is 2.78 bits per heavy atom. The lowest BCUT2D eigenvalue weighted by Crippen LogP contribution is -2.24. The van der Waals surface area contributed by atoms with Gasteiger partial charge in [0.05, 0.1) is 23.5 Å². The van der Waals surface area contributed by atoms with Gasteiger partial charge in [-0.2, -0.15) is 5.10 Å². The molecule has 3 rings (SSSR count). The second kappa shape index (κ2) is 6.21. The quantitative estimate of drug-likeness (QED) is 0.796. The summed E-state index contributed by atoms with van der Waals surface area (Å²) in [6.07, 6.45) is 1.51. The Kier molecular flexibility index (Phi) is 4.12. The molecule has 0 saturated carbocycles. The van der Waals surface area contributed by atoms with E-state index in [9.17, 15) is 9.18 Å². The van der Waals surface area contributed by atoms with Gasteiger partial charge < -0.3 is 9.84 Å². The first-order valence-corrected chi connectivity index (χ1v) is 7.09. The molecular weight excluding hydrogens is 323 g/mol. The van der Waals surface area contributed by atoms with Gasteiger partial charge in [-0.1, -0.05) is 16.8 Å². The van der Waals surface area contributed by atoms with E-state index in [1.54, 1.807) is 23.9 Å². The van der Waals surface area contributed by atoms with Crippen molar-refractivity contribution < 1.29 is 13.7 Å². The Morgan fingerprint density at radius 1 is 1.39 bits per heavy atom. The summed E-state index contributed by atoms with van der Waals surface area (Å²) in [5, 5.41) is 10.9. The van der Waals surface area contributed by atoms with Crippen molar-refractivity contribution in [2.75, 3.05) is 0 Å². The average molecular weight is 335 g/mol. The lowest BCUT2D eigenvalue weighted by molar-refractivity contribution is 0.0941. The van der Waals surface area contributed by atoms with E-state index in [-0.39, 0.29) is 18.1 Å². The molecule has 6 nitrogen and oxygen atoms in total. The van der Waals surface area contributed by atoms with Crippen LogP contribution in [0.1, 0.15) is 16.2 Å². The van der Waals surface area contributed by atoms with Gasteiger partial charge in [-0.05, 0) is 24.3 Å². The maximum atomic E-state index is 12.9. The van der Waals surface area contributed by atoms with Crippen LogP contribution in [0.4, 0.5) is 4.39 Å². The van der Waals surface area contributed by atoms with E-state index in [1.165, 1.54) is 24.4 Å². The zero-order valence-corrected chi connectivity index (χ0v) is 12.8. The largest absolute Gasteiger partial charge is 0.355 e. The number of rotatable bonds is 4. The number of carbonyl (C=O) groups is 1. The Balaban J connectivity index is 1.70. The van der Waals surface area contributed by atoms with Crippen molar-refractivity contribution in [3.63, 3.8) is 0 Å². The van der Waals surface area contributed by atoms with Gasteiger partial charge in [-0.3, -0.25) is 9.48 Å². The number of carbonyl (C=O) groups excluding carboxylic acids is 1. The Hall–Kier alpha value is -2.67. The summed E-state index contributed by atoms with van der Waals surface area (Å²) in [5.41, 5.74) is 1.44. The van der Waals surface area contributed by atoms with Gasteiger partial charge in [0, 0.05) is 18.7 Å². The number of halogens is 2. The SMILES string of the molecule is Cn1ncc(Cl)c1CNC(=O)c1cc(-c2ccc(F)cc2)on1. The molecule has 0 aliphatic carbocycles. The molecular formula is C15H12ClFN4O2. The molecule has 1 N–H and O–H groups in total. The highest BCUT2D eigenvalue weighted by Crippen LogP contribution is 2.20. The summed E-state index contributed by atoms with van der Waals surface area (Å²) in [5.74, 6) is -0.368. The number of aromatic nitrogens is 3. The highest BCUT2D eigenvalue weighted by molar-refractivity contribution is 6.31. The summed E-state index contributed by atoms with van der Waals surface area (Å²) in [4.78, 5) is 12.1. The fourth-order valence-electron chi connectivity index (χ4n) is 2.02. The first kappa shape index (κ1) is 15.2. The molecule has 0 bridgehead atoms. The number of nitrogens with one attached hydrogen (secondary N) is 1. The molecule has 1 aromatic carbocycles. The zero-order chi connectivity index (χ0) is 16.4. The van der Waals surface area contributed by atoms with Crippen LogP contribution in [-0.4, -0.2) is 20.8 Å². The molecule has 0 atom stereocenters. The van der Waals surface area contributed by atoms with Crippen LogP contribution < -0.4 is 5.32 Å². The van der Waals surface area contributed by atoms with Crippen LogP contribution >= 0.6 is 11.6 Å². The normalized spacial score (nSPS) is 10.7. The predicted octanol–water partition coefficient (Wildman–Crippen LogP) is 2.80. The van der Waals surface area contributed by atoms with Crippen LogP contribution in [0.15, 0.2) is 41.1 Å². The number of amides is 1. The van der Waals surface area contributed by atoms with E-state index in [1.807, 2.05) is 0 Å². The summed E-state index contributed by atoms with van der Waals surface area (Å²) >= 11 is 5.97. The third-order valence-electron chi connectivity index (χ3n) is 3.30. The Morgan fingerprint density at radius 2 is 2.13 bits per heavy atom. The van der Waals surface area contributed by atoms with Gasteiger partial charge in [0.15, 0.2) is 11.5 Å². The zero-order valence-electron chi connectivity index (χ0n) is 12.1. The monoisotopic (exact) mass is 334 g/mol. The number of aryl methyl sites for hydroxylation is 1. The van der Waals surface area contributed by atoms with Crippen molar-refractivity contribution >= 4 is 17.5 Å². The lowest BCUT2D eigenvalue weighted by Gasteiger charge is -2.04. The van der Waals surface area contributed by atoms with Gasteiger partial charge in [0.2, 0.25) is 0 Å². The summed E-state index contributed by atoms with van der Waals surface area (Å²) < 4.78 is 19.6. The van der Waals surface area contributed by atoms with Gasteiger partial charge in [0.25, 0.3) is 5.91 Å². The van der Waals surface area contributed by atoms with E-state index in [4.69, 9.17) is 16.1 Å². The molecule has 3 aromatic rings. The van der Waals surface area contributed by atoms with Crippen LogP contribution in [0.3, 0.4) is 0 Å². The van der Waals surface area contributed by atoms with Crippen LogP contribution in [0, 0.1) is 5.82 Å². The number of benzene rings is 1. The van der Waals surface area contributed by atoms with Gasteiger partial charge in [-0.25, -0.2) is 4.39 Å². The fraction of sp³-hybridized carbons (Fsp3) is 0.133. The minimum Gasteiger partial charge on any atom is -0.355 e. The molecule has 118 valence electrons. The summed E-state index contributed by atoms with van der Waals surface area (Å²) in [6, 6.07) is 7.21. The molecule has 0 saturated heterocycles. The second-order valence-electron chi connectivity index (χ2n) is 4.83. The number of hydrogen-bond acceptors (Lipinski definition) is 4. The van der Waals surface area contributed by atoms with Crippen molar-refractivity contribution in [3.8, 4) is 11.3 Å². The molecule has 0 fully saturated rings. The van der Waals surface area contributed by atoms with Crippen molar-refractivity contribution in [2.24, 2.45) is 7.05 Å². The van der Waals surface area contributed by atoms with Crippen molar-refractivity contribution in [2.45, 2.75) is 6.54 Å². The minimum atomic E-state index is -0.403. The molecule has 0 spiro atoms. The summed E-state index contributed by atoms with van der Waals surface area (Å²) in [6.45, 7) is 0.215. The van der Waals surface area contributed by atoms with E-state index >= 15 is 0 Å². The van der Waals surface area contributed by atoms with E-state index in [2.05, 4.69) is 15.6 Å². The molecule has 2 heterocycles. The van der Waals surface area contributed by atoms with Crippen LogP contribution in [0.25, 0.3) is 11.3 Å². The van der Waals surface area contributed by atoms with E-state index in [0.29, 0.717) is 22.0 Å². The molecule has 0 aliphatic heterocycles. The third-order valence-corrected chi connectivity index (χ3v) is 3.61. The van der Waals surface area contributed by atoms with Gasteiger partial charge in [0.1, 0.15) is 5.82 Å². The first-order valence-electron chi connectivity index (χ1n) is 6.72. The Bertz CT molecular complexity index is 822. The summed E-state index contributed by atoms with van der Waals surface area (Å²) in [7, 11) is 1.73. The molecule has 23 heavy (non-hydrogen) atoms. The lowest BCUT2D eigenvalue weighted by atomic mass is 10.1. The topological polar surface area (TPSA) is 73.0 Å². The van der Waals surface area contributed by atoms with Crippen LogP contribution in [-0.2, 0) is 13.6 Å².